The van der Waals surface area contributed by atoms with Gasteiger partial charge in [-0.3, -0.25) is 4.79 Å². The minimum Gasteiger partial charge on any atom is -0.367 e. The highest BCUT2D eigenvalue weighted by Gasteiger charge is 2.35. The highest BCUT2D eigenvalue weighted by Crippen LogP contribution is 2.39. The molecule has 0 bridgehead atoms. The molecule has 2 unspecified atom stereocenters. The summed E-state index contributed by atoms with van der Waals surface area (Å²) in [7, 11) is 0.531. The molecule has 2 aromatic carbocycles. The second-order valence-corrected chi connectivity index (χ2v) is 13.7. The Bertz CT molecular complexity index is 1250. The molecule has 220 valence electrons. The number of amides is 1. The Morgan fingerprint density at radius 3 is 2.27 bits per heavy atom. The van der Waals surface area contributed by atoms with Crippen LogP contribution < -0.4 is 5.32 Å². The van der Waals surface area contributed by atoms with Crippen LogP contribution >= 0.6 is 0 Å². The number of aryl methyl sites for hydroxylation is 3. The second kappa shape index (κ2) is 13.1. The lowest BCUT2D eigenvalue weighted by Crippen LogP contribution is -2.37. The van der Waals surface area contributed by atoms with Crippen LogP contribution in [0.3, 0.4) is 0 Å². The lowest BCUT2D eigenvalue weighted by atomic mass is 9.76. The Hall–Kier alpha value is -2.33. The van der Waals surface area contributed by atoms with Crippen molar-refractivity contribution in [3.8, 4) is 0 Å². The molecule has 7 nitrogen and oxygen atoms in total. The molecule has 2 aliphatic rings. The minimum absolute atomic E-state index is 0.0657. The van der Waals surface area contributed by atoms with Gasteiger partial charge in [0.15, 0.2) is 0 Å². The molecule has 1 amide bonds. The quantitative estimate of drug-likeness (QED) is 0.444. The monoisotopic (exact) mass is 573 g/mol. The molecule has 2 fully saturated rings. The lowest BCUT2D eigenvalue weighted by molar-refractivity contribution is -0.127. The molecule has 1 saturated heterocycles. The van der Waals surface area contributed by atoms with Gasteiger partial charge in [0, 0.05) is 25.7 Å². The van der Waals surface area contributed by atoms with Crippen molar-refractivity contribution in [1.82, 2.24) is 14.5 Å². The van der Waals surface area contributed by atoms with Crippen molar-refractivity contribution < 1.29 is 22.3 Å². The van der Waals surface area contributed by atoms with Crippen LogP contribution in [0.2, 0.25) is 0 Å². The normalized spacial score (nSPS) is 22.9. The highest BCUT2D eigenvalue weighted by molar-refractivity contribution is 7.89. The maximum Gasteiger partial charge on any atom is 0.246 e. The average Bonchev–Trinajstić information content (AvgIpc) is 3.37. The van der Waals surface area contributed by atoms with Crippen molar-refractivity contribution >= 4 is 15.9 Å². The third-order valence-corrected chi connectivity index (χ3v) is 10.6. The lowest BCUT2D eigenvalue weighted by Gasteiger charge is -2.37. The van der Waals surface area contributed by atoms with Gasteiger partial charge in [0.2, 0.25) is 15.9 Å². The minimum atomic E-state index is -3.62. The van der Waals surface area contributed by atoms with E-state index in [0.29, 0.717) is 36.2 Å². The summed E-state index contributed by atoms with van der Waals surface area (Å²) in [6.45, 7) is 6.82. The molecule has 9 heteroatoms. The van der Waals surface area contributed by atoms with E-state index in [9.17, 15) is 17.6 Å². The first-order chi connectivity index (χ1) is 19.0. The summed E-state index contributed by atoms with van der Waals surface area (Å²) in [5.74, 6) is 0.535. The third-order valence-electron chi connectivity index (χ3n) is 8.45. The van der Waals surface area contributed by atoms with Crippen molar-refractivity contribution in [2.24, 2.45) is 11.8 Å². The second-order valence-electron chi connectivity index (χ2n) is 11.9. The van der Waals surface area contributed by atoms with Crippen molar-refractivity contribution in [2.45, 2.75) is 69.9 Å². The van der Waals surface area contributed by atoms with Crippen molar-refractivity contribution in [3.63, 3.8) is 0 Å². The smallest absolute Gasteiger partial charge is 0.246 e. The summed E-state index contributed by atoms with van der Waals surface area (Å²) >= 11 is 0. The van der Waals surface area contributed by atoms with Crippen LogP contribution in [0.4, 0.5) is 4.39 Å². The van der Waals surface area contributed by atoms with E-state index in [2.05, 4.69) is 24.3 Å². The van der Waals surface area contributed by atoms with E-state index in [-0.39, 0.29) is 37.0 Å². The van der Waals surface area contributed by atoms with Crippen LogP contribution in [0.25, 0.3) is 0 Å². The first-order valence-electron chi connectivity index (χ1n) is 14.3. The number of hydrogen-bond acceptors (Lipinski definition) is 5. The van der Waals surface area contributed by atoms with Crippen LogP contribution in [0, 0.1) is 38.4 Å². The van der Waals surface area contributed by atoms with Gasteiger partial charge in [-0.2, -0.15) is 4.31 Å². The topological polar surface area (TPSA) is 78.9 Å². The van der Waals surface area contributed by atoms with Gasteiger partial charge in [-0.15, -0.1) is 0 Å². The maximum absolute atomic E-state index is 13.4. The zero-order chi connectivity index (χ0) is 29.0. The van der Waals surface area contributed by atoms with E-state index in [0.717, 1.165) is 47.9 Å². The molecule has 0 spiro atoms. The van der Waals surface area contributed by atoms with Gasteiger partial charge in [-0.05, 0) is 108 Å². The number of carbonyl (C=O) groups is 1. The standard InChI is InChI=1S/C31H44FN3O4S/c1-21-16-22(2)31(23(3)17-21)40(37,38)35-15-14-28(19-35)39-20-29(36)33-18-24-6-8-25(9-7-24)30(34(4)5)26-10-12-27(32)13-11-26/h10-13,16-17,24-25,28,30H,6-9,14-15,18-20H2,1-5H3,(H,33,36). The number of rotatable bonds is 10. The molecule has 1 heterocycles. The summed E-state index contributed by atoms with van der Waals surface area (Å²) in [5.41, 5.74) is 3.69. The number of hydrogen-bond donors (Lipinski definition) is 1. The molecule has 2 aromatic rings. The number of sulfonamides is 1. The van der Waals surface area contributed by atoms with Gasteiger partial charge >= 0.3 is 0 Å². The SMILES string of the molecule is Cc1cc(C)c(S(=O)(=O)N2CCC(OCC(=O)NCC3CCC(C(c4ccc(F)cc4)N(C)C)CC3)C2)c(C)c1. The van der Waals surface area contributed by atoms with Gasteiger partial charge in [-0.25, -0.2) is 12.8 Å². The molecule has 2 atom stereocenters. The van der Waals surface area contributed by atoms with E-state index in [1.807, 2.05) is 45.0 Å². The van der Waals surface area contributed by atoms with Gasteiger partial charge < -0.3 is 15.0 Å². The predicted molar refractivity (Wildman–Crippen MR) is 155 cm³/mol. The third kappa shape index (κ3) is 7.29. The van der Waals surface area contributed by atoms with Gasteiger partial charge in [-0.1, -0.05) is 29.8 Å². The summed E-state index contributed by atoms with van der Waals surface area (Å²) < 4.78 is 47.4. The van der Waals surface area contributed by atoms with Crippen LogP contribution in [-0.2, 0) is 19.6 Å². The molecular formula is C31H44FN3O4S. The van der Waals surface area contributed by atoms with E-state index >= 15 is 0 Å². The number of nitrogens with one attached hydrogen (secondary N) is 1. The molecule has 1 aliphatic carbocycles. The van der Waals surface area contributed by atoms with E-state index in [1.54, 1.807) is 0 Å². The Morgan fingerprint density at radius 2 is 1.68 bits per heavy atom. The van der Waals surface area contributed by atoms with Crippen LogP contribution in [0.15, 0.2) is 41.3 Å². The maximum atomic E-state index is 13.4. The van der Waals surface area contributed by atoms with Gasteiger partial charge in [0.1, 0.15) is 12.4 Å². The fourth-order valence-corrected chi connectivity index (χ4v) is 8.52. The number of ether oxygens (including phenoxy) is 1. The Kier molecular flexibility index (Phi) is 10.0. The first kappa shape index (κ1) is 30.6. The molecule has 4 rings (SSSR count). The zero-order valence-corrected chi connectivity index (χ0v) is 25.3. The number of nitrogens with zero attached hydrogens (tertiary/aromatic N) is 2. The van der Waals surface area contributed by atoms with Gasteiger partial charge in [0.05, 0.1) is 11.0 Å². The Morgan fingerprint density at radius 1 is 1.05 bits per heavy atom. The molecule has 0 radical (unpaired) electrons. The van der Waals surface area contributed by atoms with Gasteiger partial charge in [0.25, 0.3) is 0 Å². The Labute approximate surface area is 239 Å². The average molecular weight is 574 g/mol. The fourth-order valence-electron chi connectivity index (χ4n) is 6.62. The molecule has 40 heavy (non-hydrogen) atoms. The van der Waals surface area contributed by atoms with E-state index in [1.165, 1.54) is 16.4 Å². The van der Waals surface area contributed by atoms with Crippen molar-refractivity contribution in [3.05, 3.63) is 64.5 Å². The van der Waals surface area contributed by atoms with E-state index < -0.39 is 10.0 Å². The Balaban J connectivity index is 1.20. The van der Waals surface area contributed by atoms with E-state index in [4.69, 9.17) is 4.74 Å². The number of benzene rings is 2. The molecule has 0 aromatic heterocycles. The molecule has 1 aliphatic heterocycles. The van der Waals surface area contributed by atoms with Crippen LogP contribution in [0.1, 0.15) is 60.4 Å². The van der Waals surface area contributed by atoms with Crippen molar-refractivity contribution in [2.75, 3.05) is 40.3 Å². The van der Waals surface area contributed by atoms with Crippen LogP contribution in [-0.4, -0.2) is 70.0 Å². The first-order valence-corrected chi connectivity index (χ1v) is 15.8. The predicted octanol–water partition coefficient (Wildman–Crippen LogP) is 4.76. The number of carbonyl (C=O) groups excluding carboxylic acids is 1. The zero-order valence-electron chi connectivity index (χ0n) is 24.5. The summed E-state index contributed by atoms with van der Waals surface area (Å²) in [6.07, 6.45) is 4.46. The highest BCUT2D eigenvalue weighted by atomic mass is 32.2. The molecule has 1 N–H and O–H groups in total. The van der Waals surface area contributed by atoms with Crippen LogP contribution in [0.5, 0.6) is 0 Å². The largest absolute Gasteiger partial charge is 0.367 e. The molecule has 1 saturated carbocycles. The summed E-state index contributed by atoms with van der Waals surface area (Å²) in [5, 5.41) is 3.02. The summed E-state index contributed by atoms with van der Waals surface area (Å²) in [4.78, 5) is 15.1. The molecular weight excluding hydrogens is 529 g/mol. The fraction of sp³-hybridized carbons (Fsp3) is 0.581. The summed E-state index contributed by atoms with van der Waals surface area (Å²) in [6, 6.07) is 10.9. The number of halogens is 1. The van der Waals surface area contributed by atoms with Crippen molar-refractivity contribution in [1.29, 1.82) is 0 Å².